The van der Waals surface area contributed by atoms with E-state index in [0.29, 0.717) is 48.1 Å². The minimum atomic E-state index is -0.877. The number of carbonyl (C=O) groups is 2. The number of para-hydroxylation sites is 2. The van der Waals surface area contributed by atoms with Gasteiger partial charge in [0, 0.05) is 23.9 Å². The average molecular weight is 394 g/mol. The van der Waals surface area contributed by atoms with Crippen molar-refractivity contribution in [3.8, 4) is 0 Å². The number of ether oxygens (including phenoxy) is 2. The summed E-state index contributed by atoms with van der Waals surface area (Å²) < 4.78 is 12.4. The molecule has 7 heteroatoms. The van der Waals surface area contributed by atoms with E-state index in [4.69, 9.17) is 9.47 Å². The van der Waals surface area contributed by atoms with Crippen molar-refractivity contribution in [1.82, 2.24) is 9.47 Å². The molecule has 1 atom stereocenters. The van der Waals surface area contributed by atoms with Crippen molar-refractivity contribution in [1.29, 1.82) is 0 Å². The highest BCUT2D eigenvalue weighted by atomic mass is 16.5. The second-order valence-electron chi connectivity index (χ2n) is 7.02. The Morgan fingerprint density at radius 2 is 1.55 bits per heavy atom. The van der Waals surface area contributed by atoms with Crippen LogP contribution in [0, 0.1) is 0 Å². The molecule has 1 aliphatic heterocycles. The summed E-state index contributed by atoms with van der Waals surface area (Å²) in [7, 11) is 0. The quantitative estimate of drug-likeness (QED) is 0.499. The summed E-state index contributed by atoms with van der Waals surface area (Å²) in [6.45, 7) is 3.45. The summed E-state index contributed by atoms with van der Waals surface area (Å²) in [4.78, 5) is 39.6. The number of esters is 1. The van der Waals surface area contributed by atoms with E-state index in [1.807, 2.05) is 12.1 Å². The molecule has 0 radical (unpaired) electrons. The standard InChI is InChI=1S/C22H22N2O5/c1-15(22(27)23-10-12-28-13-11-23)29-20(25)14-24-18-8-4-2-6-16(18)21(26)17-7-3-5-9-19(17)24/h2-9,15H,10-14H2,1H3. The smallest absolute Gasteiger partial charge is 0.326 e. The first-order chi connectivity index (χ1) is 14.1. The minimum Gasteiger partial charge on any atom is -0.451 e. The summed E-state index contributed by atoms with van der Waals surface area (Å²) in [5, 5.41) is 1.08. The number of amides is 1. The number of fused-ring (bicyclic) bond motifs is 2. The number of rotatable bonds is 4. The van der Waals surface area contributed by atoms with Gasteiger partial charge in [-0.3, -0.25) is 14.4 Å². The van der Waals surface area contributed by atoms with Gasteiger partial charge in [-0.2, -0.15) is 0 Å². The Bertz CT molecular complexity index is 1070. The van der Waals surface area contributed by atoms with Crippen molar-refractivity contribution < 1.29 is 19.1 Å². The second-order valence-corrected chi connectivity index (χ2v) is 7.02. The number of benzene rings is 2. The van der Waals surface area contributed by atoms with Crippen LogP contribution in [0.2, 0.25) is 0 Å². The topological polar surface area (TPSA) is 77.8 Å². The lowest BCUT2D eigenvalue weighted by Gasteiger charge is -2.29. The summed E-state index contributed by atoms with van der Waals surface area (Å²) in [6.07, 6.45) is -0.877. The van der Waals surface area contributed by atoms with Crippen LogP contribution in [0.5, 0.6) is 0 Å². The molecule has 1 amide bonds. The fourth-order valence-electron chi connectivity index (χ4n) is 3.70. The maximum Gasteiger partial charge on any atom is 0.326 e. The molecule has 0 aliphatic carbocycles. The predicted molar refractivity (Wildman–Crippen MR) is 109 cm³/mol. The molecular formula is C22H22N2O5. The van der Waals surface area contributed by atoms with Crippen LogP contribution in [-0.4, -0.2) is 53.8 Å². The Morgan fingerprint density at radius 1 is 1.00 bits per heavy atom. The highest BCUT2D eigenvalue weighted by molar-refractivity contribution is 5.94. The summed E-state index contributed by atoms with van der Waals surface area (Å²) >= 11 is 0. The van der Waals surface area contributed by atoms with Gasteiger partial charge in [-0.1, -0.05) is 24.3 Å². The van der Waals surface area contributed by atoms with E-state index in [1.165, 1.54) is 0 Å². The average Bonchev–Trinajstić information content (AvgIpc) is 2.76. The molecule has 0 bridgehead atoms. The molecule has 4 rings (SSSR count). The number of morpholine rings is 1. The van der Waals surface area contributed by atoms with E-state index in [0.717, 1.165) is 0 Å². The van der Waals surface area contributed by atoms with Crippen LogP contribution < -0.4 is 5.43 Å². The third-order valence-corrected chi connectivity index (χ3v) is 5.14. The Labute approximate surface area is 167 Å². The molecule has 1 saturated heterocycles. The second kappa shape index (κ2) is 8.05. The first-order valence-electron chi connectivity index (χ1n) is 9.62. The number of pyridine rings is 1. The van der Waals surface area contributed by atoms with Crippen molar-refractivity contribution in [2.45, 2.75) is 19.6 Å². The van der Waals surface area contributed by atoms with E-state index < -0.39 is 12.1 Å². The Morgan fingerprint density at radius 3 is 2.14 bits per heavy atom. The molecule has 3 aromatic rings. The lowest BCUT2D eigenvalue weighted by Crippen LogP contribution is -2.46. The largest absolute Gasteiger partial charge is 0.451 e. The first-order valence-corrected chi connectivity index (χ1v) is 9.62. The van der Waals surface area contributed by atoms with Crippen LogP contribution in [0.1, 0.15) is 6.92 Å². The molecule has 2 heterocycles. The Hall–Kier alpha value is -3.19. The van der Waals surface area contributed by atoms with Crippen LogP contribution >= 0.6 is 0 Å². The third kappa shape index (κ3) is 3.73. The van der Waals surface area contributed by atoms with Crippen LogP contribution in [0.25, 0.3) is 21.8 Å². The third-order valence-electron chi connectivity index (χ3n) is 5.14. The highest BCUT2D eigenvalue weighted by Gasteiger charge is 2.25. The molecule has 1 fully saturated rings. The van der Waals surface area contributed by atoms with Gasteiger partial charge in [0.2, 0.25) is 0 Å². The van der Waals surface area contributed by atoms with Crippen LogP contribution in [0.4, 0.5) is 0 Å². The monoisotopic (exact) mass is 394 g/mol. The fourth-order valence-corrected chi connectivity index (χ4v) is 3.70. The molecule has 29 heavy (non-hydrogen) atoms. The van der Waals surface area contributed by atoms with E-state index in [2.05, 4.69) is 0 Å². The van der Waals surface area contributed by atoms with Crippen molar-refractivity contribution in [3.63, 3.8) is 0 Å². The summed E-state index contributed by atoms with van der Waals surface area (Å²) in [6, 6.07) is 14.3. The molecule has 7 nitrogen and oxygen atoms in total. The van der Waals surface area contributed by atoms with E-state index in [9.17, 15) is 14.4 Å². The molecule has 2 aromatic carbocycles. The van der Waals surface area contributed by atoms with Gasteiger partial charge in [-0.25, -0.2) is 0 Å². The lowest BCUT2D eigenvalue weighted by molar-refractivity contribution is -0.161. The molecule has 1 unspecified atom stereocenters. The van der Waals surface area contributed by atoms with Gasteiger partial charge in [0.1, 0.15) is 6.54 Å². The van der Waals surface area contributed by atoms with Crippen LogP contribution in [0.15, 0.2) is 53.3 Å². The molecule has 0 N–H and O–H groups in total. The normalized spacial score (nSPS) is 15.4. The molecule has 0 saturated carbocycles. The Balaban J connectivity index is 1.61. The molecule has 1 aromatic heterocycles. The van der Waals surface area contributed by atoms with Crippen molar-refractivity contribution in [2.24, 2.45) is 0 Å². The van der Waals surface area contributed by atoms with Gasteiger partial charge in [0.15, 0.2) is 11.5 Å². The zero-order valence-corrected chi connectivity index (χ0v) is 16.2. The van der Waals surface area contributed by atoms with E-state index >= 15 is 0 Å². The number of carbonyl (C=O) groups excluding carboxylic acids is 2. The summed E-state index contributed by atoms with van der Waals surface area (Å²) in [5.74, 6) is -0.755. The maximum absolute atomic E-state index is 12.8. The van der Waals surface area contributed by atoms with Crippen molar-refractivity contribution >= 4 is 33.7 Å². The number of aromatic nitrogens is 1. The zero-order chi connectivity index (χ0) is 20.4. The van der Waals surface area contributed by atoms with Gasteiger partial charge in [0.25, 0.3) is 5.91 Å². The van der Waals surface area contributed by atoms with Gasteiger partial charge in [0.05, 0.1) is 24.2 Å². The number of hydrogen-bond donors (Lipinski definition) is 0. The number of hydrogen-bond acceptors (Lipinski definition) is 5. The van der Waals surface area contributed by atoms with E-state index in [-0.39, 0.29) is 17.9 Å². The van der Waals surface area contributed by atoms with Gasteiger partial charge in [-0.15, -0.1) is 0 Å². The molecule has 150 valence electrons. The maximum atomic E-state index is 12.8. The van der Waals surface area contributed by atoms with Crippen molar-refractivity contribution in [2.75, 3.05) is 26.3 Å². The van der Waals surface area contributed by atoms with Crippen LogP contribution in [0.3, 0.4) is 0 Å². The van der Waals surface area contributed by atoms with Gasteiger partial charge in [-0.05, 0) is 31.2 Å². The number of nitrogens with zero attached hydrogens (tertiary/aromatic N) is 2. The van der Waals surface area contributed by atoms with Gasteiger partial charge < -0.3 is 18.9 Å². The summed E-state index contributed by atoms with van der Waals surface area (Å²) in [5.41, 5.74) is 1.23. The van der Waals surface area contributed by atoms with E-state index in [1.54, 1.807) is 52.8 Å². The Kier molecular flexibility index (Phi) is 5.31. The lowest BCUT2D eigenvalue weighted by atomic mass is 10.1. The predicted octanol–water partition coefficient (Wildman–Crippen LogP) is 1.95. The van der Waals surface area contributed by atoms with Crippen LogP contribution in [-0.2, 0) is 25.6 Å². The zero-order valence-electron chi connectivity index (χ0n) is 16.2. The highest BCUT2D eigenvalue weighted by Crippen LogP contribution is 2.19. The van der Waals surface area contributed by atoms with Gasteiger partial charge >= 0.3 is 5.97 Å². The van der Waals surface area contributed by atoms with Crippen molar-refractivity contribution in [3.05, 3.63) is 58.8 Å². The first kappa shape index (κ1) is 19.1. The molecular weight excluding hydrogens is 372 g/mol. The minimum absolute atomic E-state index is 0.0725. The molecule has 1 aliphatic rings. The fraction of sp³-hybridized carbons (Fsp3) is 0.318. The molecule has 0 spiro atoms. The SMILES string of the molecule is CC(OC(=O)Cn1c2ccccc2c(=O)c2ccccc21)C(=O)N1CCOCC1.